The lowest BCUT2D eigenvalue weighted by Crippen LogP contribution is -2.66. The molecular weight excluding hydrogens is 206 g/mol. The van der Waals surface area contributed by atoms with Crippen molar-refractivity contribution in [2.24, 2.45) is 5.92 Å². The van der Waals surface area contributed by atoms with Gasteiger partial charge in [0.05, 0.1) is 18.8 Å². The molecule has 1 N–H and O–H groups in total. The second-order valence-corrected chi connectivity index (χ2v) is 6.30. The maximum Gasteiger partial charge on any atom is 0.310 e. The number of hydrogen-bond acceptors (Lipinski definition) is 5. The fraction of sp³-hybridized carbons (Fsp3) is 0.875. The van der Waals surface area contributed by atoms with E-state index in [4.69, 9.17) is 0 Å². The normalized spacial score (nSPS) is 32.5. The first-order valence-electron chi connectivity index (χ1n) is 4.54. The summed E-state index contributed by atoms with van der Waals surface area (Å²) in [5, 5.41) is 2.92. The molecule has 80 valence electrons. The molecule has 0 bridgehead atoms. The van der Waals surface area contributed by atoms with Crippen LogP contribution in [0.4, 0.5) is 0 Å². The van der Waals surface area contributed by atoms with E-state index in [9.17, 15) is 13.2 Å². The Morgan fingerprint density at radius 2 is 2.14 bits per heavy atom. The zero-order valence-electron chi connectivity index (χ0n) is 7.95. The second kappa shape index (κ2) is 2.93. The topological polar surface area (TPSA) is 72.5 Å². The summed E-state index contributed by atoms with van der Waals surface area (Å²) in [6.07, 6.45) is 0.399. The van der Waals surface area contributed by atoms with Gasteiger partial charge in [-0.1, -0.05) is 0 Å². The number of methoxy groups -OCH3 is 1. The zero-order valence-corrected chi connectivity index (χ0v) is 8.76. The van der Waals surface area contributed by atoms with Gasteiger partial charge in [0.1, 0.15) is 4.75 Å². The van der Waals surface area contributed by atoms with Crippen LogP contribution in [0.1, 0.15) is 6.42 Å². The summed E-state index contributed by atoms with van der Waals surface area (Å²) < 4.78 is 27.3. The number of rotatable bonds is 1. The smallest absolute Gasteiger partial charge is 0.310 e. The van der Waals surface area contributed by atoms with E-state index < -0.39 is 26.5 Å². The molecule has 14 heavy (non-hydrogen) atoms. The summed E-state index contributed by atoms with van der Waals surface area (Å²) in [4.78, 5) is 11.4. The van der Waals surface area contributed by atoms with Gasteiger partial charge in [-0.05, 0) is 6.42 Å². The minimum absolute atomic E-state index is 0.106. The third kappa shape index (κ3) is 1.04. The summed E-state index contributed by atoms with van der Waals surface area (Å²) in [6, 6.07) is 0. The van der Waals surface area contributed by atoms with Crippen molar-refractivity contribution in [2.75, 3.05) is 26.0 Å². The van der Waals surface area contributed by atoms with Crippen LogP contribution >= 0.6 is 0 Å². The predicted octanol–water partition coefficient (Wildman–Crippen LogP) is -1.06. The Labute approximate surface area is 82.7 Å². The minimum atomic E-state index is -3.12. The van der Waals surface area contributed by atoms with Crippen molar-refractivity contribution in [3.8, 4) is 0 Å². The van der Waals surface area contributed by atoms with Crippen LogP contribution in [0.25, 0.3) is 0 Å². The fourth-order valence-electron chi connectivity index (χ4n) is 2.27. The van der Waals surface area contributed by atoms with Gasteiger partial charge < -0.3 is 10.1 Å². The molecule has 1 unspecified atom stereocenters. The van der Waals surface area contributed by atoms with Crippen molar-refractivity contribution in [1.82, 2.24) is 5.32 Å². The van der Waals surface area contributed by atoms with Crippen molar-refractivity contribution in [2.45, 2.75) is 11.2 Å². The van der Waals surface area contributed by atoms with Crippen molar-refractivity contribution < 1.29 is 17.9 Å². The van der Waals surface area contributed by atoms with E-state index in [0.29, 0.717) is 19.5 Å². The highest BCUT2D eigenvalue weighted by atomic mass is 32.2. The molecule has 0 aromatic heterocycles. The van der Waals surface area contributed by atoms with E-state index in [-0.39, 0.29) is 5.75 Å². The lowest BCUT2D eigenvalue weighted by molar-refractivity contribution is -0.147. The van der Waals surface area contributed by atoms with Crippen molar-refractivity contribution >= 4 is 15.8 Å². The van der Waals surface area contributed by atoms with Gasteiger partial charge >= 0.3 is 5.97 Å². The first-order chi connectivity index (χ1) is 6.53. The first-order valence-corrected chi connectivity index (χ1v) is 6.19. The van der Waals surface area contributed by atoms with Crippen molar-refractivity contribution in [1.29, 1.82) is 0 Å². The van der Waals surface area contributed by atoms with E-state index in [2.05, 4.69) is 10.1 Å². The molecule has 2 aliphatic heterocycles. The van der Waals surface area contributed by atoms with Crippen LogP contribution in [0.5, 0.6) is 0 Å². The molecule has 0 saturated carbocycles. The second-order valence-electron chi connectivity index (χ2n) is 3.85. The molecule has 5 nitrogen and oxygen atoms in total. The number of esters is 1. The van der Waals surface area contributed by atoms with Crippen LogP contribution in [-0.2, 0) is 19.4 Å². The Bertz CT molecular complexity index is 358. The highest BCUT2D eigenvalue weighted by Crippen LogP contribution is 2.41. The maximum atomic E-state index is 11.7. The van der Waals surface area contributed by atoms with Crippen molar-refractivity contribution in [3.05, 3.63) is 0 Å². The van der Waals surface area contributed by atoms with E-state index in [1.807, 2.05) is 0 Å². The molecule has 0 aromatic rings. The zero-order chi connectivity index (χ0) is 10.4. The minimum Gasteiger partial charge on any atom is -0.469 e. The maximum absolute atomic E-state index is 11.7. The Kier molecular flexibility index (Phi) is 2.08. The molecule has 0 amide bonds. The molecule has 1 spiro atoms. The van der Waals surface area contributed by atoms with Crippen LogP contribution in [0, 0.1) is 5.92 Å². The monoisotopic (exact) mass is 219 g/mol. The third-order valence-corrected chi connectivity index (χ3v) is 5.85. The molecule has 2 rings (SSSR count). The van der Waals surface area contributed by atoms with E-state index in [1.165, 1.54) is 7.11 Å². The standard InChI is InChI=1S/C8H13NO4S/c1-13-7(10)6-2-3-14(11,12)8(6)4-9-5-8/h6,9H,2-5H2,1H3. The Morgan fingerprint density at radius 1 is 1.50 bits per heavy atom. The van der Waals surface area contributed by atoms with E-state index in [1.54, 1.807) is 0 Å². The number of nitrogens with one attached hydrogen (secondary N) is 1. The molecular formula is C8H13NO4S. The molecule has 0 radical (unpaired) electrons. The molecule has 0 aromatic carbocycles. The average molecular weight is 219 g/mol. The highest BCUT2D eigenvalue weighted by molar-refractivity contribution is 7.93. The molecule has 2 fully saturated rings. The number of carbonyl (C=O) groups is 1. The van der Waals surface area contributed by atoms with Crippen LogP contribution in [0.3, 0.4) is 0 Å². The van der Waals surface area contributed by atoms with Crippen LogP contribution in [0.2, 0.25) is 0 Å². The summed E-state index contributed by atoms with van der Waals surface area (Å²) in [6.45, 7) is 0.768. The summed E-state index contributed by atoms with van der Waals surface area (Å²) in [5.74, 6) is -0.764. The van der Waals surface area contributed by atoms with Gasteiger partial charge in [0, 0.05) is 13.1 Å². The number of ether oxygens (including phenoxy) is 1. The predicted molar refractivity (Wildman–Crippen MR) is 49.5 cm³/mol. The molecule has 1 atom stereocenters. The largest absolute Gasteiger partial charge is 0.469 e. The van der Waals surface area contributed by atoms with Gasteiger partial charge in [-0.2, -0.15) is 0 Å². The van der Waals surface area contributed by atoms with E-state index in [0.717, 1.165) is 0 Å². The number of hydrogen-bond donors (Lipinski definition) is 1. The average Bonchev–Trinajstić information content (AvgIpc) is 2.34. The van der Waals surface area contributed by atoms with Gasteiger partial charge in [-0.15, -0.1) is 0 Å². The lowest BCUT2D eigenvalue weighted by Gasteiger charge is -2.41. The van der Waals surface area contributed by atoms with Gasteiger partial charge in [-0.25, -0.2) is 8.42 Å². The molecule has 0 aliphatic carbocycles. The number of sulfone groups is 1. The fourth-order valence-corrected chi connectivity index (χ4v) is 4.51. The van der Waals surface area contributed by atoms with Crippen LogP contribution in [-0.4, -0.2) is 45.1 Å². The van der Waals surface area contributed by atoms with Crippen LogP contribution < -0.4 is 5.32 Å². The number of carbonyl (C=O) groups excluding carboxylic acids is 1. The van der Waals surface area contributed by atoms with E-state index >= 15 is 0 Å². The highest BCUT2D eigenvalue weighted by Gasteiger charge is 2.61. The van der Waals surface area contributed by atoms with Gasteiger partial charge in [0.2, 0.25) is 0 Å². The van der Waals surface area contributed by atoms with Gasteiger partial charge in [0.25, 0.3) is 0 Å². The van der Waals surface area contributed by atoms with Gasteiger partial charge in [-0.3, -0.25) is 4.79 Å². The molecule has 2 saturated heterocycles. The first kappa shape index (κ1) is 9.92. The summed E-state index contributed by atoms with van der Waals surface area (Å²) >= 11 is 0. The van der Waals surface area contributed by atoms with Crippen LogP contribution in [0.15, 0.2) is 0 Å². The SMILES string of the molecule is COC(=O)C1CCS(=O)(=O)C12CNC2. The van der Waals surface area contributed by atoms with Gasteiger partial charge in [0.15, 0.2) is 9.84 Å². The quantitative estimate of drug-likeness (QED) is 0.569. The Hall–Kier alpha value is -0.620. The summed E-state index contributed by atoms with van der Waals surface area (Å²) in [7, 11) is -1.82. The summed E-state index contributed by atoms with van der Waals surface area (Å²) in [5.41, 5.74) is 0. The molecule has 2 aliphatic rings. The lowest BCUT2D eigenvalue weighted by atomic mass is 9.85. The Balaban J connectivity index is 2.34. The van der Waals surface area contributed by atoms with Crippen molar-refractivity contribution in [3.63, 3.8) is 0 Å². The molecule has 2 heterocycles. The third-order valence-electron chi connectivity index (χ3n) is 3.26. The Morgan fingerprint density at radius 3 is 2.57 bits per heavy atom. The molecule has 6 heteroatoms.